The molecule has 162 valence electrons. The molecule has 32 heavy (non-hydrogen) atoms. The van der Waals surface area contributed by atoms with Crippen LogP contribution in [-0.2, 0) is 11.3 Å². The summed E-state index contributed by atoms with van der Waals surface area (Å²) in [5, 5.41) is 1.47. The Morgan fingerprint density at radius 1 is 0.969 bits per heavy atom. The molecule has 5 heteroatoms. The van der Waals surface area contributed by atoms with Crippen LogP contribution in [0.5, 0.6) is 5.75 Å². The summed E-state index contributed by atoms with van der Waals surface area (Å²) < 4.78 is 25.2. The molecular weight excluding hydrogens is 425 g/mol. The molecule has 0 atom stereocenters. The van der Waals surface area contributed by atoms with Crippen LogP contribution >= 0.6 is 11.6 Å². The van der Waals surface area contributed by atoms with Crippen molar-refractivity contribution >= 4 is 22.5 Å². The van der Waals surface area contributed by atoms with Gasteiger partial charge in [0.15, 0.2) is 0 Å². The van der Waals surface area contributed by atoms with E-state index in [1.807, 2.05) is 60.7 Å². The molecule has 1 aliphatic heterocycles. The summed E-state index contributed by atoms with van der Waals surface area (Å²) in [6, 6.07) is 22.5. The number of pyridine rings is 1. The second kappa shape index (κ2) is 9.27. The van der Waals surface area contributed by atoms with Crippen molar-refractivity contribution in [1.29, 1.82) is 0 Å². The SMILES string of the molecule is Fc1ccc(-c2c(C3CCOCC3)c(Cl)nc3cc(OCc4ccccc4)ccc23)cc1. The fraction of sp³-hybridized carbons (Fsp3) is 0.222. The van der Waals surface area contributed by atoms with Crippen LogP contribution in [0.3, 0.4) is 0 Å². The highest BCUT2D eigenvalue weighted by Crippen LogP contribution is 2.43. The zero-order valence-electron chi connectivity index (χ0n) is 17.6. The van der Waals surface area contributed by atoms with E-state index in [1.54, 1.807) is 0 Å². The van der Waals surface area contributed by atoms with Crippen molar-refractivity contribution in [2.24, 2.45) is 0 Å². The first-order chi connectivity index (χ1) is 15.7. The van der Waals surface area contributed by atoms with Crippen LogP contribution < -0.4 is 4.74 Å². The van der Waals surface area contributed by atoms with Gasteiger partial charge in [-0.1, -0.05) is 54.1 Å². The van der Waals surface area contributed by atoms with Crippen LogP contribution in [-0.4, -0.2) is 18.2 Å². The second-order valence-electron chi connectivity index (χ2n) is 8.04. The molecule has 1 fully saturated rings. The lowest BCUT2D eigenvalue weighted by molar-refractivity contribution is 0.0854. The number of hydrogen-bond acceptors (Lipinski definition) is 3. The predicted octanol–water partition coefficient (Wildman–Crippen LogP) is 7.17. The number of aromatic nitrogens is 1. The number of ether oxygens (including phenoxy) is 2. The summed E-state index contributed by atoms with van der Waals surface area (Å²) in [4.78, 5) is 4.74. The maximum absolute atomic E-state index is 13.7. The Balaban J connectivity index is 1.59. The van der Waals surface area contributed by atoms with E-state index in [-0.39, 0.29) is 11.7 Å². The van der Waals surface area contributed by atoms with Gasteiger partial charge in [-0.25, -0.2) is 9.37 Å². The summed E-state index contributed by atoms with van der Waals surface area (Å²) in [5.41, 5.74) is 4.82. The summed E-state index contributed by atoms with van der Waals surface area (Å²) in [5.74, 6) is 0.721. The van der Waals surface area contributed by atoms with Crippen molar-refractivity contribution < 1.29 is 13.9 Å². The third kappa shape index (κ3) is 4.34. The molecule has 0 radical (unpaired) electrons. The number of rotatable bonds is 5. The lowest BCUT2D eigenvalue weighted by Gasteiger charge is -2.26. The van der Waals surface area contributed by atoms with E-state index in [0.29, 0.717) is 25.0 Å². The largest absolute Gasteiger partial charge is 0.489 e. The van der Waals surface area contributed by atoms with E-state index in [9.17, 15) is 4.39 Å². The maximum Gasteiger partial charge on any atom is 0.133 e. The summed E-state index contributed by atoms with van der Waals surface area (Å²) in [6.07, 6.45) is 1.78. The van der Waals surface area contributed by atoms with E-state index in [1.165, 1.54) is 12.1 Å². The lowest BCUT2D eigenvalue weighted by atomic mass is 9.85. The molecule has 0 bridgehead atoms. The third-order valence-corrected chi connectivity index (χ3v) is 6.25. The summed E-state index contributed by atoms with van der Waals surface area (Å²) in [6.45, 7) is 1.88. The molecule has 0 unspecified atom stereocenters. The van der Waals surface area contributed by atoms with Crippen molar-refractivity contribution in [2.75, 3.05) is 13.2 Å². The van der Waals surface area contributed by atoms with Crippen molar-refractivity contribution in [3.63, 3.8) is 0 Å². The van der Waals surface area contributed by atoms with Gasteiger partial charge in [-0.15, -0.1) is 0 Å². The van der Waals surface area contributed by atoms with Crippen LogP contribution in [0.2, 0.25) is 5.15 Å². The minimum absolute atomic E-state index is 0.252. The van der Waals surface area contributed by atoms with E-state index in [4.69, 9.17) is 26.1 Å². The van der Waals surface area contributed by atoms with E-state index >= 15 is 0 Å². The number of halogens is 2. The summed E-state index contributed by atoms with van der Waals surface area (Å²) in [7, 11) is 0. The van der Waals surface area contributed by atoms with Crippen molar-refractivity contribution in [3.8, 4) is 16.9 Å². The summed E-state index contributed by atoms with van der Waals surface area (Å²) >= 11 is 6.78. The van der Waals surface area contributed by atoms with Gasteiger partial charge in [0.2, 0.25) is 0 Å². The van der Waals surface area contributed by atoms with Crippen LogP contribution in [0.4, 0.5) is 4.39 Å². The van der Waals surface area contributed by atoms with Crippen LogP contribution in [0.25, 0.3) is 22.0 Å². The Morgan fingerprint density at radius 2 is 1.72 bits per heavy atom. The first-order valence-corrected chi connectivity index (χ1v) is 11.2. The van der Waals surface area contributed by atoms with Gasteiger partial charge in [-0.2, -0.15) is 0 Å². The molecule has 3 aromatic carbocycles. The highest BCUT2D eigenvalue weighted by Gasteiger charge is 2.25. The fourth-order valence-electron chi connectivity index (χ4n) is 4.35. The Labute approximate surface area is 191 Å². The van der Waals surface area contributed by atoms with Crippen molar-refractivity contribution in [2.45, 2.75) is 25.4 Å². The average molecular weight is 448 g/mol. The van der Waals surface area contributed by atoms with E-state index in [0.717, 1.165) is 51.7 Å². The monoisotopic (exact) mass is 447 g/mol. The molecule has 5 rings (SSSR count). The molecule has 0 saturated carbocycles. The first kappa shape index (κ1) is 20.9. The van der Waals surface area contributed by atoms with Gasteiger partial charge in [0.05, 0.1) is 5.52 Å². The maximum atomic E-state index is 13.7. The van der Waals surface area contributed by atoms with Crippen LogP contribution in [0.15, 0.2) is 72.8 Å². The van der Waals surface area contributed by atoms with Crippen LogP contribution in [0, 0.1) is 5.82 Å². The van der Waals surface area contributed by atoms with Gasteiger partial charge in [-0.3, -0.25) is 0 Å². The Hall–Kier alpha value is -2.95. The molecule has 3 nitrogen and oxygen atoms in total. The highest BCUT2D eigenvalue weighted by molar-refractivity contribution is 6.31. The van der Waals surface area contributed by atoms with Gasteiger partial charge >= 0.3 is 0 Å². The Bertz CT molecular complexity index is 1220. The van der Waals surface area contributed by atoms with E-state index < -0.39 is 0 Å². The predicted molar refractivity (Wildman–Crippen MR) is 126 cm³/mol. The minimum atomic E-state index is -0.262. The van der Waals surface area contributed by atoms with Crippen molar-refractivity contribution in [1.82, 2.24) is 4.98 Å². The van der Waals surface area contributed by atoms with E-state index in [2.05, 4.69) is 0 Å². The minimum Gasteiger partial charge on any atom is -0.489 e. The van der Waals surface area contributed by atoms with Gasteiger partial charge in [0.25, 0.3) is 0 Å². The smallest absolute Gasteiger partial charge is 0.133 e. The third-order valence-electron chi connectivity index (χ3n) is 5.96. The van der Waals surface area contributed by atoms with Crippen LogP contribution in [0.1, 0.15) is 29.9 Å². The number of fused-ring (bicyclic) bond motifs is 1. The highest BCUT2D eigenvalue weighted by atomic mass is 35.5. The van der Waals surface area contributed by atoms with Crippen molar-refractivity contribution in [3.05, 3.63) is 94.9 Å². The standard InChI is InChI=1S/C27H23ClFNO2/c28-27-26(20-12-14-31-15-13-20)25(19-6-8-21(29)9-7-19)23-11-10-22(16-24(23)30-27)32-17-18-4-2-1-3-5-18/h1-11,16,20H,12-15,17H2. The molecule has 0 N–H and O–H groups in total. The first-order valence-electron chi connectivity index (χ1n) is 10.8. The molecular formula is C27H23ClFNO2. The Morgan fingerprint density at radius 3 is 2.47 bits per heavy atom. The normalized spacial score (nSPS) is 14.6. The van der Waals surface area contributed by atoms with Gasteiger partial charge in [0.1, 0.15) is 23.3 Å². The molecule has 1 aliphatic rings. The molecule has 0 spiro atoms. The second-order valence-corrected chi connectivity index (χ2v) is 8.40. The molecule has 1 aromatic heterocycles. The molecule has 4 aromatic rings. The molecule has 0 aliphatic carbocycles. The number of benzene rings is 3. The van der Waals surface area contributed by atoms with Gasteiger partial charge < -0.3 is 9.47 Å². The lowest BCUT2D eigenvalue weighted by Crippen LogP contribution is -2.16. The van der Waals surface area contributed by atoms with Gasteiger partial charge in [-0.05, 0) is 59.7 Å². The molecule has 0 amide bonds. The Kier molecular flexibility index (Phi) is 6.06. The molecule has 1 saturated heterocycles. The number of nitrogens with zero attached hydrogens (tertiary/aromatic N) is 1. The number of hydrogen-bond donors (Lipinski definition) is 0. The average Bonchev–Trinajstić information content (AvgIpc) is 2.83. The fourth-order valence-corrected chi connectivity index (χ4v) is 4.69. The molecule has 2 heterocycles. The topological polar surface area (TPSA) is 31.4 Å². The quantitative estimate of drug-likeness (QED) is 0.304. The zero-order valence-corrected chi connectivity index (χ0v) is 18.3. The zero-order chi connectivity index (χ0) is 21.9. The van der Waals surface area contributed by atoms with Gasteiger partial charge in [0, 0.05) is 30.2 Å².